The zero-order valence-corrected chi connectivity index (χ0v) is 17.3. The molecule has 27 heavy (non-hydrogen) atoms. The van der Waals surface area contributed by atoms with Crippen molar-refractivity contribution in [1.29, 1.82) is 0 Å². The van der Waals surface area contributed by atoms with Gasteiger partial charge in [-0.25, -0.2) is 4.79 Å². The molecule has 0 aromatic rings. The number of hydrogen-bond donors (Lipinski definition) is 3. The van der Waals surface area contributed by atoms with Gasteiger partial charge in [-0.05, 0) is 39.0 Å². The first-order valence-electron chi connectivity index (χ1n) is 10.2. The van der Waals surface area contributed by atoms with Gasteiger partial charge in [0.05, 0.1) is 19.2 Å². The normalized spacial score (nSPS) is 15.8. The Bertz CT molecular complexity index is 482. The van der Waals surface area contributed by atoms with Crippen molar-refractivity contribution >= 4 is 18.0 Å². The third-order valence-corrected chi connectivity index (χ3v) is 4.24. The molecule has 1 atom stereocenters. The fourth-order valence-corrected chi connectivity index (χ4v) is 3.05. The quantitative estimate of drug-likeness (QED) is 0.287. The van der Waals surface area contributed by atoms with Gasteiger partial charge in [0, 0.05) is 32.6 Å². The molecule has 1 unspecified atom stereocenters. The van der Waals surface area contributed by atoms with Gasteiger partial charge >= 0.3 is 6.09 Å². The smallest absolute Gasteiger partial charge is 0.407 e. The second-order valence-corrected chi connectivity index (χ2v) is 7.18. The second kappa shape index (κ2) is 13.2. The van der Waals surface area contributed by atoms with Crippen molar-refractivity contribution in [3.63, 3.8) is 0 Å². The minimum atomic E-state index is -0.397. The summed E-state index contributed by atoms with van der Waals surface area (Å²) >= 11 is 0. The molecule has 0 aliphatic carbocycles. The Balaban J connectivity index is 2.46. The van der Waals surface area contributed by atoms with Crippen LogP contribution in [0.1, 0.15) is 53.4 Å². The molecule has 1 fully saturated rings. The van der Waals surface area contributed by atoms with E-state index in [1.54, 1.807) is 6.92 Å². The van der Waals surface area contributed by atoms with Crippen LogP contribution in [0.25, 0.3) is 0 Å². The first kappa shape index (κ1) is 23.0. The zero-order chi connectivity index (χ0) is 20.1. The van der Waals surface area contributed by atoms with E-state index >= 15 is 0 Å². The Labute approximate surface area is 163 Å². The summed E-state index contributed by atoms with van der Waals surface area (Å²) in [5.74, 6) is 1.43. The monoisotopic (exact) mass is 383 g/mol. The molecular formula is C19H37N5O3. The number of carbonyl (C=O) groups is 2. The first-order chi connectivity index (χ1) is 13.0. The molecule has 1 rings (SSSR count). The highest BCUT2D eigenvalue weighted by Gasteiger charge is 2.19. The molecule has 0 aromatic heterocycles. The Morgan fingerprint density at radius 1 is 1.30 bits per heavy atom. The van der Waals surface area contributed by atoms with Crippen molar-refractivity contribution < 1.29 is 14.3 Å². The topological polar surface area (TPSA) is 95.1 Å². The van der Waals surface area contributed by atoms with E-state index in [1.807, 2.05) is 11.8 Å². The van der Waals surface area contributed by atoms with E-state index in [2.05, 4.69) is 34.8 Å². The van der Waals surface area contributed by atoms with Crippen LogP contribution in [-0.2, 0) is 9.53 Å². The zero-order valence-electron chi connectivity index (χ0n) is 17.3. The second-order valence-electron chi connectivity index (χ2n) is 7.18. The van der Waals surface area contributed by atoms with Crippen molar-refractivity contribution in [3.05, 3.63) is 0 Å². The SMILES string of the molecule is CCNC(=NCC(CC(C)C)NC(=O)OCC)NCCCN1CCCC1=O. The summed E-state index contributed by atoms with van der Waals surface area (Å²) in [5.41, 5.74) is 0. The van der Waals surface area contributed by atoms with E-state index in [4.69, 9.17) is 4.74 Å². The number of likely N-dealkylation sites (tertiary alicyclic amines) is 1. The largest absolute Gasteiger partial charge is 0.450 e. The highest BCUT2D eigenvalue weighted by Crippen LogP contribution is 2.09. The standard InChI is InChI=1S/C19H37N5O3/c1-5-20-18(21-10-8-12-24-11-7-9-17(24)25)22-14-16(13-15(3)4)23-19(26)27-6-2/h15-16H,5-14H2,1-4H3,(H,23,26)(H2,20,21,22). The fourth-order valence-electron chi connectivity index (χ4n) is 3.05. The summed E-state index contributed by atoms with van der Waals surface area (Å²) in [6.45, 7) is 12.0. The van der Waals surface area contributed by atoms with Gasteiger partial charge < -0.3 is 25.6 Å². The Hall–Kier alpha value is -1.99. The van der Waals surface area contributed by atoms with Gasteiger partial charge in [0.25, 0.3) is 0 Å². The van der Waals surface area contributed by atoms with Crippen LogP contribution in [0, 0.1) is 5.92 Å². The molecule has 0 spiro atoms. The van der Waals surface area contributed by atoms with Crippen molar-refractivity contribution in [1.82, 2.24) is 20.9 Å². The van der Waals surface area contributed by atoms with Crippen LogP contribution < -0.4 is 16.0 Å². The molecule has 1 aliphatic heterocycles. The molecule has 1 aliphatic rings. The Morgan fingerprint density at radius 3 is 2.67 bits per heavy atom. The maximum Gasteiger partial charge on any atom is 0.407 e. The van der Waals surface area contributed by atoms with Crippen molar-refractivity contribution in [3.8, 4) is 0 Å². The molecular weight excluding hydrogens is 346 g/mol. The Kier molecular flexibility index (Phi) is 11.3. The van der Waals surface area contributed by atoms with Gasteiger partial charge in [-0.3, -0.25) is 9.79 Å². The van der Waals surface area contributed by atoms with Crippen LogP contribution in [0.5, 0.6) is 0 Å². The molecule has 2 amide bonds. The number of guanidine groups is 1. The van der Waals surface area contributed by atoms with E-state index in [9.17, 15) is 9.59 Å². The summed E-state index contributed by atoms with van der Waals surface area (Å²) in [6, 6.07) is -0.0678. The molecule has 3 N–H and O–H groups in total. The highest BCUT2D eigenvalue weighted by atomic mass is 16.5. The molecule has 8 nitrogen and oxygen atoms in total. The van der Waals surface area contributed by atoms with E-state index in [-0.39, 0.29) is 11.9 Å². The van der Waals surface area contributed by atoms with Crippen LogP contribution in [0.4, 0.5) is 4.79 Å². The van der Waals surface area contributed by atoms with Gasteiger partial charge in [0.1, 0.15) is 0 Å². The molecule has 0 aromatic carbocycles. The van der Waals surface area contributed by atoms with Crippen molar-refractivity contribution in [2.24, 2.45) is 10.9 Å². The van der Waals surface area contributed by atoms with Crippen molar-refractivity contribution in [2.75, 3.05) is 39.3 Å². The van der Waals surface area contributed by atoms with Crippen LogP contribution in [-0.4, -0.2) is 68.2 Å². The average Bonchev–Trinajstić information content (AvgIpc) is 3.01. The maximum absolute atomic E-state index is 11.7. The summed E-state index contributed by atoms with van der Waals surface area (Å²) in [4.78, 5) is 29.9. The highest BCUT2D eigenvalue weighted by molar-refractivity contribution is 5.80. The minimum Gasteiger partial charge on any atom is -0.450 e. The first-order valence-corrected chi connectivity index (χ1v) is 10.2. The number of rotatable bonds is 11. The van der Waals surface area contributed by atoms with Gasteiger partial charge in [0.15, 0.2) is 5.96 Å². The third-order valence-electron chi connectivity index (χ3n) is 4.24. The molecule has 1 saturated heterocycles. The number of aliphatic imine (C=N–C) groups is 1. The lowest BCUT2D eigenvalue weighted by Gasteiger charge is -2.20. The summed E-state index contributed by atoms with van der Waals surface area (Å²) in [7, 11) is 0. The van der Waals surface area contributed by atoms with Crippen LogP contribution >= 0.6 is 0 Å². The maximum atomic E-state index is 11.7. The predicted octanol–water partition coefficient (Wildman–Crippen LogP) is 1.71. The lowest BCUT2D eigenvalue weighted by Crippen LogP contribution is -2.42. The van der Waals surface area contributed by atoms with E-state index in [1.165, 1.54) is 0 Å². The number of carbonyl (C=O) groups excluding carboxylic acids is 2. The summed E-state index contributed by atoms with van der Waals surface area (Å²) in [5, 5.41) is 9.41. The number of ether oxygens (including phenoxy) is 1. The number of amides is 2. The molecule has 1 heterocycles. The minimum absolute atomic E-state index is 0.0678. The fraction of sp³-hybridized carbons (Fsp3) is 0.842. The van der Waals surface area contributed by atoms with Gasteiger partial charge in [-0.15, -0.1) is 0 Å². The lowest BCUT2D eigenvalue weighted by atomic mass is 10.0. The summed E-state index contributed by atoms with van der Waals surface area (Å²) < 4.78 is 4.98. The third kappa shape index (κ3) is 10.1. The van der Waals surface area contributed by atoms with Crippen LogP contribution in [0.15, 0.2) is 4.99 Å². The molecule has 156 valence electrons. The number of nitrogens with zero attached hydrogens (tertiary/aromatic N) is 2. The molecule has 0 bridgehead atoms. The average molecular weight is 384 g/mol. The van der Waals surface area contributed by atoms with E-state index < -0.39 is 6.09 Å². The molecule has 0 saturated carbocycles. The Morgan fingerprint density at radius 2 is 2.07 bits per heavy atom. The van der Waals surface area contributed by atoms with E-state index in [0.29, 0.717) is 25.5 Å². The number of hydrogen-bond acceptors (Lipinski definition) is 4. The predicted molar refractivity (Wildman–Crippen MR) is 108 cm³/mol. The number of alkyl carbamates (subject to hydrolysis) is 1. The summed E-state index contributed by atoms with van der Waals surface area (Å²) in [6.07, 6.45) is 2.97. The van der Waals surface area contributed by atoms with Crippen molar-refractivity contribution in [2.45, 2.75) is 59.4 Å². The molecule has 0 radical (unpaired) electrons. The van der Waals surface area contributed by atoms with Gasteiger partial charge in [0.2, 0.25) is 5.91 Å². The van der Waals surface area contributed by atoms with Crippen LogP contribution in [0.2, 0.25) is 0 Å². The van der Waals surface area contributed by atoms with Gasteiger partial charge in [-0.2, -0.15) is 0 Å². The van der Waals surface area contributed by atoms with Crippen LogP contribution in [0.3, 0.4) is 0 Å². The van der Waals surface area contributed by atoms with Gasteiger partial charge in [-0.1, -0.05) is 13.8 Å². The molecule has 8 heteroatoms. The van der Waals surface area contributed by atoms with E-state index in [0.717, 1.165) is 51.4 Å². The number of nitrogens with one attached hydrogen (secondary N) is 3. The lowest BCUT2D eigenvalue weighted by molar-refractivity contribution is -0.127.